The van der Waals surface area contributed by atoms with Gasteiger partial charge in [-0.1, -0.05) is 34.2 Å². The van der Waals surface area contributed by atoms with E-state index in [9.17, 15) is 4.79 Å². The van der Waals surface area contributed by atoms with Gasteiger partial charge in [-0.3, -0.25) is 10.1 Å². The van der Waals surface area contributed by atoms with E-state index in [1.165, 1.54) is 11.3 Å². The summed E-state index contributed by atoms with van der Waals surface area (Å²) in [6.45, 7) is 2.00. The highest BCUT2D eigenvalue weighted by Crippen LogP contribution is 2.23. The molecule has 0 aliphatic rings. The second-order valence-electron chi connectivity index (χ2n) is 3.43. The van der Waals surface area contributed by atoms with E-state index in [1.807, 2.05) is 19.1 Å². The van der Waals surface area contributed by atoms with Crippen LogP contribution < -0.4 is 5.32 Å². The molecule has 0 bridgehead atoms. The molecular weight excluding hydrogens is 382 g/mol. The number of benzene rings is 1. The zero-order valence-corrected chi connectivity index (χ0v) is 13.4. The van der Waals surface area contributed by atoms with E-state index in [1.54, 1.807) is 6.07 Å². The molecule has 0 spiro atoms. The Hall–Kier alpha value is -0.790. The van der Waals surface area contributed by atoms with Crippen molar-refractivity contribution in [3.8, 4) is 0 Å². The summed E-state index contributed by atoms with van der Waals surface area (Å²) >= 11 is 8.07. The van der Waals surface area contributed by atoms with Crippen molar-refractivity contribution in [2.75, 3.05) is 5.32 Å². The van der Waals surface area contributed by atoms with Crippen LogP contribution in [0.1, 0.15) is 22.3 Å². The van der Waals surface area contributed by atoms with Crippen molar-refractivity contribution in [1.82, 2.24) is 10.2 Å². The van der Waals surface area contributed by atoms with Gasteiger partial charge in [0.2, 0.25) is 5.13 Å². The maximum Gasteiger partial charge on any atom is 0.258 e. The molecule has 94 valence electrons. The van der Waals surface area contributed by atoms with Gasteiger partial charge in [-0.05, 0) is 40.5 Å². The van der Waals surface area contributed by atoms with E-state index in [0.29, 0.717) is 10.7 Å². The summed E-state index contributed by atoms with van der Waals surface area (Å²) in [5.74, 6) is -0.207. The number of nitrogens with zero attached hydrogens (tertiary/aromatic N) is 2. The molecule has 0 unspecified atom stereocenters. The fourth-order valence-electron chi connectivity index (χ4n) is 1.28. The van der Waals surface area contributed by atoms with Gasteiger partial charge in [-0.15, -0.1) is 10.2 Å². The van der Waals surface area contributed by atoms with E-state index in [-0.39, 0.29) is 5.91 Å². The van der Waals surface area contributed by atoms with E-state index < -0.39 is 0 Å². The first-order chi connectivity index (χ1) is 8.60. The highest BCUT2D eigenvalue weighted by Gasteiger charge is 2.13. The van der Waals surface area contributed by atoms with Crippen LogP contribution in [0.2, 0.25) is 0 Å². The molecular formula is C11H9Br2N3OS. The zero-order valence-electron chi connectivity index (χ0n) is 9.41. The third kappa shape index (κ3) is 3.15. The van der Waals surface area contributed by atoms with Crippen molar-refractivity contribution in [3.63, 3.8) is 0 Å². The summed E-state index contributed by atoms with van der Waals surface area (Å²) in [7, 11) is 0. The van der Waals surface area contributed by atoms with Crippen molar-refractivity contribution in [3.05, 3.63) is 37.7 Å². The molecule has 1 amide bonds. The van der Waals surface area contributed by atoms with Crippen molar-refractivity contribution in [2.45, 2.75) is 13.3 Å². The average Bonchev–Trinajstić information content (AvgIpc) is 2.80. The Morgan fingerprint density at radius 1 is 1.39 bits per heavy atom. The Morgan fingerprint density at radius 3 is 2.83 bits per heavy atom. The van der Waals surface area contributed by atoms with Crippen molar-refractivity contribution in [2.24, 2.45) is 0 Å². The molecule has 1 aromatic carbocycles. The normalized spacial score (nSPS) is 10.4. The minimum absolute atomic E-state index is 0.207. The Labute approximate surface area is 125 Å². The van der Waals surface area contributed by atoms with E-state index in [2.05, 4.69) is 47.4 Å². The van der Waals surface area contributed by atoms with Gasteiger partial charge in [0.05, 0.1) is 5.56 Å². The second-order valence-corrected chi connectivity index (χ2v) is 6.26. The van der Waals surface area contributed by atoms with Crippen LogP contribution in [0.4, 0.5) is 5.13 Å². The second kappa shape index (κ2) is 5.90. The highest BCUT2D eigenvalue weighted by molar-refractivity contribution is 9.11. The van der Waals surface area contributed by atoms with Crippen LogP contribution in [0.5, 0.6) is 0 Å². The van der Waals surface area contributed by atoms with Crippen LogP contribution in [-0.2, 0) is 6.42 Å². The van der Waals surface area contributed by atoms with Gasteiger partial charge in [0, 0.05) is 8.95 Å². The van der Waals surface area contributed by atoms with E-state index in [4.69, 9.17) is 0 Å². The summed E-state index contributed by atoms with van der Waals surface area (Å²) in [5, 5.41) is 12.0. The third-order valence-corrected chi connectivity index (χ3v) is 4.33. The first kappa shape index (κ1) is 13.6. The molecule has 2 aromatic rings. The largest absolute Gasteiger partial charge is 0.296 e. The fraction of sp³-hybridized carbons (Fsp3) is 0.182. The standard InChI is InChI=1S/C11H9Br2N3OS/c1-2-9-15-16-11(18-9)14-10(17)7-5-6(12)3-4-8(7)13/h3-5H,2H2,1H3,(H,14,16,17). The van der Waals surface area contributed by atoms with Crippen LogP contribution in [0.3, 0.4) is 0 Å². The molecule has 0 saturated heterocycles. The molecule has 0 radical (unpaired) electrons. The predicted molar refractivity (Wildman–Crippen MR) is 79.1 cm³/mol. The summed E-state index contributed by atoms with van der Waals surface area (Å²) in [5.41, 5.74) is 0.553. The number of aromatic nitrogens is 2. The Morgan fingerprint density at radius 2 is 2.17 bits per heavy atom. The van der Waals surface area contributed by atoms with Crippen molar-refractivity contribution < 1.29 is 4.79 Å². The van der Waals surface area contributed by atoms with Gasteiger partial charge in [0.15, 0.2) is 0 Å². The molecule has 1 heterocycles. The minimum atomic E-state index is -0.207. The number of nitrogens with one attached hydrogen (secondary N) is 1. The summed E-state index contributed by atoms with van der Waals surface area (Å²) < 4.78 is 1.59. The maximum absolute atomic E-state index is 12.1. The van der Waals surface area contributed by atoms with Crippen molar-refractivity contribution in [1.29, 1.82) is 0 Å². The molecule has 18 heavy (non-hydrogen) atoms. The number of carbonyl (C=O) groups is 1. The summed E-state index contributed by atoms with van der Waals surface area (Å²) in [6, 6.07) is 5.43. The maximum atomic E-state index is 12.1. The smallest absolute Gasteiger partial charge is 0.258 e. The van der Waals surface area contributed by atoms with Gasteiger partial charge in [0.1, 0.15) is 5.01 Å². The van der Waals surface area contributed by atoms with Crippen LogP contribution in [0, 0.1) is 0 Å². The van der Waals surface area contributed by atoms with Gasteiger partial charge in [-0.2, -0.15) is 0 Å². The zero-order chi connectivity index (χ0) is 13.1. The molecule has 1 aromatic heterocycles. The van der Waals surface area contributed by atoms with E-state index in [0.717, 1.165) is 20.4 Å². The van der Waals surface area contributed by atoms with Gasteiger partial charge in [-0.25, -0.2) is 0 Å². The first-order valence-electron chi connectivity index (χ1n) is 5.19. The fourth-order valence-corrected chi connectivity index (χ4v) is 2.75. The number of amides is 1. The summed E-state index contributed by atoms with van der Waals surface area (Å²) in [4.78, 5) is 12.1. The lowest BCUT2D eigenvalue weighted by Crippen LogP contribution is -2.12. The Balaban J connectivity index is 2.19. The molecule has 0 atom stereocenters. The lowest BCUT2D eigenvalue weighted by Gasteiger charge is -2.04. The molecule has 0 saturated carbocycles. The van der Waals surface area contributed by atoms with Gasteiger partial charge in [0.25, 0.3) is 5.91 Å². The molecule has 2 rings (SSSR count). The Bertz CT molecular complexity index is 585. The Kier molecular flexibility index (Phi) is 4.47. The lowest BCUT2D eigenvalue weighted by atomic mass is 10.2. The first-order valence-corrected chi connectivity index (χ1v) is 7.59. The topological polar surface area (TPSA) is 54.9 Å². The third-order valence-electron chi connectivity index (χ3n) is 2.16. The molecule has 0 aliphatic carbocycles. The molecule has 1 N–H and O–H groups in total. The molecule has 0 aliphatic heterocycles. The highest BCUT2D eigenvalue weighted by atomic mass is 79.9. The SMILES string of the molecule is CCc1nnc(NC(=O)c2cc(Br)ccc2Br)s1. The monoisotopic (exact) mass is 389 g/mol. The molecule has 4 nitrogen and oxygen atoms in total. The lowest BCUT2D eigenvalue weighted by molar-refractivity contribution is 0.102. The number of hydrogen-bond acceptors (Lipinski definition) is 4. The quantitative estimate of drug-likeness (QED) is 0.865. The molecule has 7 heteroatoms. The number of anilines is 1. The number of rotatable bonds is 3. The van der Waals surface area contributed by atoms with Crippen LogP contribution in [-0.4, -0.2) is 16.1 Å². The van der Waals surface area contributed by atoms with Crippen LogP contribution in [0.15, 0.2) is 27.1 Å². The number of carbonyl (C=O) groups excluding carboxylic acids is 1. The predicted octanol–water partition coefficient (Wildman–Crippen LogP) is 3.88. The van der Waals surface area contributed by atoms with Crippen molar-refractivity contribution >= 4 is 54.2 Å². The van der Waals surface area contributed by atoms with Crippen LogP contribution >= 0.6 is 43.2 Å². The summed E-state index contributed by atoms with van der Waals surface area (Å²) in [6.07, 6.45) is 0.814. The number of hydrogen-bond donors (Lipinski definition) is 1. The van der Waals surface area contributed by atoms with Crippen LogP contribution in [0.25, 0.3) is 0 Å². The molecule has 0 fully saturated rings. The van der Waals surface area contributed by atoms with E-state index >= 15 is 0 Å². The average molecular weight is 391 g/mol. The van der Waals surface area contributed by atoms with Gasteiger partial charge < -0.3 is 0 Å². The van der Waals surface area contributed by atoms with Gasteiger partial charge >= 0.3 is 0 Å². The number of aryl methyl sites for hydroxylation is 1. The number of halogens is 2. The minimum Gasteiger partial charge on any atom is -0.296 e.